The third kappa shape index (κ3) is 4.06. The third-order valence-electron chi connectivity index (χ3n) is 4.22. The first kappa shape index (κ1) is 15.5. The summed E-state index contributed by atoms with van der Waals surface area (Å²) in [5, 5.41) is 3.06. The normalized spacial score (nSPS) is 21.6. The molecule has 0 atom stereocenters. The number of carbonyl (C=O) groups is 2. The van der Waals surface area contributed by atoms with Crippen LogP contribution in [0.5, 0.6) is 0 Å². The minimum absolute atomic E-state index is 0.00742. The fraction of sp³-hybridized carbons (Fsp3) is 0.529. The number of hydrogen-bond acceptors (Lipinski definition) is 3. The Kier molecular flexibility index (Phi) is 5.37. The van der Waals surface area contributed by atoms with E-state index in [9.17, 15) is 9.59 Å². The molecule has 1 aliphatic rings. The summed E-state index contributed by atoms with van der Waals surface area (Å²) in [6.45, 7) is 2.09. The largest absolute Gasteiger partial charge is 0.469 e. The molecule has 1 fully saturated rings. The van der Waals surface area contributed by atoms with Crippen LogP contribution in [0.3, 0.4) is 0 Å². The highest BCUT2D eigenvalue weighted by Gasteiger charge is 2.27. The van der Waals surface area contributed by atoms with Gasteiger partial charge in [-0.15, -0.1) is 0 Å². The standard InChI is InChI=1S/C17H23NO3/c1-3-12-4-6-13(7-5-12)16(19)18-15-10-8-14(9-11-15)17(20)21-2/h4-7,14-15H,3,8-11H2,1-2H3,(H,18,19). The molecule has 0 spiro atoms. The van der Waals surface area contributed by atoms with E-state index in [0.29, 0.717) is 5.56 Å². The van der Waals surface area contributed by atoms with Crippen molar-refractivity contribution in [2.45, 2.75) is 45.1 Å². The number of ether oxygens (including phenoxy) is 1. The van der Waals surface area contributed by atoms with E-state index in [1.54, 1.807) is 0 Å². The lowest BCUT2D eigenvalue weighted by molar-refractivity contribution is -0.146. The number of benzene rings is 1. The minimum Gasteiger partial charge on any atom is -0.469 e. The van der Waals surface area contributed by atoms with Crippen molar-refractivity contribution in [2.75, 3.05) is 7.11 Å². The third-order valence-corrected chi connectivity index (χ3v) is 4.22. The van der Waals surface area contributed by atoms with Gasteiger partial charge < -0.3 is 10.1 Å². The number of nitrogens with one attached hydrogen (secondary N) is 1. The predicted octanol–water partition coefficient (Wildman–Crippen LogP) is 2.71. The maximum Gasteiger partial charge on any atom is 0.308 e. The van der Waals surface area contributed by atoms with Crippen molar-refractivity contribution >= 4 is 11.9 Å². The van der Waals surface area contributed by atoms with Gasteiger partial charge in [-0.3, -0.25) is 9.59 Å². The van der Waals surface area contributed by atoms with Crippen molar-refractivity contribution in [3.8, 4) is 0 Å². The zero-order valence-electron chi connectivity index (χ0n) is 12.7. The van der Waals surface area contributed by atoms with E-state index in [1.165, 1.54) is 12.7 Å². The van der Waals surface area contributed by atoms with Crippen LogP contribution in [0.15, 0.2) is 24.3 Å². The zero-order chi connectivity index (χ0) is 15.2. The average Bonchev–Trinajstić information content (AvgIpc) is 2.55. The molecule has 0 aliphatic heterocycles. The first-order chi connectivity index (χ1) is 10.1. The fourth-order valence-corrected chi connectivity index (χ4v) is 2.80. The van der Waals surface area contributed by atoms with Crippen LogP contribution in [-0.2, 0) is 16.0 Å². The van der Waals surface area contributed by atoms with E-state index in [4.69, 9.17) is 4.74 Å². The summed E-state index contributed by atoms with van der Waals surface area (Å²) in [4.78, 5) is 23.6. The molecule has 21 heavy (non-hydrogen) atoms. The second-order valence-electron chi connectivity index (χ2n) is 5.60. The van der Waals surface area contributed by atoms with Crippen molar-refractivity contribution < 1.29 is 14.3 Å². The van der Waals surface area contributed by atoms with Crippen molar-refractivity contribution in [1.29, 1.82) is 0 Å². The molecule has 1 N–H and O–H groups in total. The summed E-state index contributed by atoms with van der Waals surface area (Å²) in [7, 11) is 1.43. The summed E-state index contributed by atoms with van der Waals surface area (Å²) in [5.74, 6) is -0.166. The smallest absolute Gasteiger partial charge is 0.308 e. The molecule has 0 radical (unpaired) electrons. The second kappa shape index (κ2) is 7.25. The van der Waals surface area contributed by atoms with Gasteiger partial charge in [-0.05, 0) is 49.8 Å². The number of carbonyl (C=O) groups excluding carboxylic acids is 2. The molecule has 0 heterocycles. The summed E-state index contributed by atoms with van der Waals surface area (Å²) in [5.41, 5.74) is 1.92. The molecule has 0 bridgehead atoms. The lowest BCUT2D eigenvalue weighted by Crippen LogP contribution is -2.38. The fourth-order valence-electron chi connectivity index (χ4n) is 2.80. The Hall–Kier alpha value is -1.84. The Morgan fingerprint density at radius 2 is 1.76 bits per heavy atom. The number of aryl methyl sites for hydroxylation is 1. The SMILES string of the molecule is CCc1ccc(C(=O)NC2CCC(C(=O)OC)CC2)cc1. The van der Waals surface area contributed by atoms with E-state index in [2.05, 4.69) is 12.2 Å². The molecule has 1 aliphatic carbocycles. The first-order valence-corrected chi connectivity index (χ1v) is 7.61. The Morgan fingerprint density at radius 3 is 2.29 bits per heavy atom. The van der Waals surface area contributed by atoms with Crippen LogP contribution in [0.4, 0.5) is 0 Å². The van der Waals surface area contributed by atoms with Crippen LogP contribution in [0.1, 0.15) is 48.5 Å². The molecule has 0 aromatic heterocycles. The lowest BCUT2D eigenvalue weighted by Gasteiger charge is -2.27. The number of methoxy groups -OCH3 is 1. The van der Waals surface area contributed by atoms with Crippen molar-refractivity contribution in [2.24, 2.45) is 5.92 Å². The molecule has 4 heteroatoms. The molecule has 4 nitrogen and oxygen atoms in total. The van der Waals surface area contributed by atoms with Gasteiger partial charge in [0.05, 0.1) is 13.0 Å². The van der Waals surface area contributed by atoms with Crippen LogP contribution >= 0.6 is 0 Å². The van der Waals surface area contributed by atoms with Gasteiger partial charge in [0, 0.05) is 11.6 Å². The van der Waals surface area contributed by atoms with Gasteiger partial charge >= 0.3 is 5.97 Å². The molecular formula is C17H23NO3. The maximum absolute atomic E-state index is 12.2. The highest BCUT2D eigenvalue weighted by atomic mass is 16.5. The zero-order valence-corrected chi connectivity index (χ0v) is 12.7. The lowest BCUT2D eigenvalue weighted by atomic mass is 9.86. The van der Waals surface area contributed by atoms with E-state index in [-0.39, 0.29) is 23.8 Å². The molecular weight excluding hydrogens is 266 g/mol. The van der Waals surface area contributed by atoms with Crippen LogP contribution < -0.4 is 5.32 Å². The molecule has 114 valence electrons. The van der Waals surface area contributed by atoms with Gasteiger partial charge in [0.15, 0.2) is 0 Å². The first-order valence-electron chi connectivity index (χ1n) is 7.61. The quantitative estimate of drug-likeness (QED) is 0.867. The summed E-state index contributed by atoms with van der Waals surface area (Å²) >= 11 is 0. The monoisotopic (exact) mass is 289 g/mol. The van der Waals surface area contributed by atoms with Gasteiger partial charge in [0.1, 0.15) is 0 Å². The van der Waals surface area contributed by atoms with E-state index in [0.717, 1.165) is 32.1 Å². The summed E-state index contributed by atoms with van der Waals surface area (Å²) < 4.78 is 4.77. The highest BCUT2D eigenvalue weighted by Crippen LogP contribution is 2.25. The Morgan fingerprint density at radius 1 is 1.14 bits per heavy atom. The molecule has 1 aromatic rings. The van der Waals surface area contributed by atoms with Crippen LogP contribution in [0.2, 0.25) is 0 Å². The minimum atomic E-state index is -0.130. The van der Waals surface area contributed by atoms with E-state index in [1.807, 2.05) is 24.3 Å². The molecule has 0 unspecified atom stereocenters. The molecule has 0 saturated heterocycles. The van der Waals surface area contributed by atoms with Gasteiger partial charge in [-0.1, -0.05) is 19.1 Å². The topological polar surface area (TPSA) is 55.4 Å². The molecule has 1 amide bonds. The molecule has 1 saturated carbocycles. The highest BCUT2D eigenvalue weighted by molar-refractivity contribution is 5.94. The molecule has 2 rings (SSSR count). The average molecular weight is 289 g/mol. The van der Waals surface area contributed by atoms with Crippen LogP contribution in [0.25, 0.3) is 0 Å². The molecule has 1 aromatic carbocycles. The number of amides is 1. The number of hydrogen-bond donors (Lipinski definition) is 1. The number of rotatable bonds is 4. The summed E-state index contributed by atoms with van der Waals surface area (Å²) in [6.07, 6.45) is 4.20. The Labute approximate surface area is 125 Å². The Balaban J connectivity index is 1.85. The van der Waals surface area contributed by atoms with Crippen molar-refractivity contribution in [3.05, 3.63) is 35.4 Å². The van der Waals surface area contributed by atoms with Crippen molar-refractivity contribution in [1.82, 2.24) is 5.32 Å². The van der Waals surface area contributed by atoms with Gasteiger partial charge in [-0.25, -0.2) is 0 Å². The second-order valence-corrected chi connectivity index (χ2v) is 5.60. The number of esters is 1. The summed E-state index contributed by atoms with van der Waals surface area (Å²) in [6, 6.07) is 7.87. The van der Waals surface area contributed by atoms with Crippen LogP contribution in [-0.4, -0.2) is 25.0 Å². The predicted molar refractivity (Wildman–Crippen MR) is 81.0 cm³/mol. The van der Waals surface area contributed by atoms with Gasteiger partial charge in [0.25, 0.3) is 5.91 Å². The van der Waals surface area contributed by atoms with Crippen LogP contribution in [0, 0.1) is 5.92 Å². The van der Waals surface area contributed by atoms with Gasteiger partial charge in [-0.2, -0.15) is 0 Å². The maximum atomic E-state index is 12.2. The Bertz CT molecular complexity index is 487. The van der Waals surface area contributed by atoms with E-state index < -0.39 is 0 Å². The van der Waals surface area contributed by atoms with E-state index >= 15 is 0 Å². The van der Waals surface area contributed by atoms with Gasteiger partial charge in [0.2, 0.25) is 0 Å². The van der Waals surface area contributed by atoms with Crippen molar-refractivity contribution in [3.63, 3.8) is 0 Å².